The minimum absolute atomic E-state index is 0.107. The Morgan fingerprint density at radius 2 is 1.94 bits per heavy atom. The van der Waals surface area contributed by atoms with Crippen molar-refractivity contribution < 1.29 is 9.59 Å². The van der Waals surface area contributed by atoms with Crippen LogP contribution >= 0.6 is 23.2 Å². The molecule has 0 spiro atoms. The van der Waals surface area contributed by atoms with Crippen LogP contribution in [0, 0.1) is 6.92 Å². The molecule has 1 aliphatic carbocycles. The smallest absolute Gasteiger partial charge is 0.199 e. The Kier molecular flexibility index (Phi) is 3.88. The number of allylic oxidation sites excluding steroid dienone is 2. The van der Waals surface area contributed by atoms with E-state index in [9.17, 15) is 9.59 Å². The van der Waals surface area contributed by atoms with Gasteiger partial charge in [-0.2, -0.15) is 0 Å². The first kappa shape index (κ1) is 13.3. The normalized spacial score (nSPS) is 16.1. The summed E-state index contributed by atoms with van der Waals surface area (Å²) < 4.78 is 0. The van der Waals surface area contributed by atoms with Gasteiger partial charge in [-0.05, 0) is 31.9 Å². The maximum absolute atomic E-state index is 12.3. The lowest BCUT2D eigenvalue weighted by Crippen LogP contribution is -2.18. The van der Waals surface area contributed by atoms with Gasteiger partial charge in [0, 0.05) is 17.0 Å². The predicted octanol–water partition coefficient (Wildman–Crippen LogP) is 4.08. The van der Waals surface area contributed by atoms with E-state index in [1.807, 2.05) is 13.0 Å². The van der Waals surface area contributed by atoms with Crippen LogP contribution in [-0.2, 0) is 4.79 Å². The molecule has 0 heterocycles. The molecule has 0 saturated heterocycles. The molecule has 2 nitrogen and oxygen atoms in total. The molecule has 18 heavy (non-hydrogen) atoms. The van der Waals surface area contributed by atoms with Crippen molar-refractivity contribution in [2.45, 2.75) is 26.2 Å². The molecule has 1 aromatic carbocycles. The second-order valence-corrected chi connectivity index (χ2v) is 5.23. The Balaban J connectivity index is 2.48. The van der Waals surface area contributed by atoms with Crippen LogP contribution in [-0.4, -0.2) is 11.6 Å². The van der Waals surface area contributed by atoms with E-state index >= 15 is 0 Å². The zero-order valence-corrected chi connectivity index (χ0v) is 11.4. The van der Waals surface area contributed by atoms with E-state index in [1.54, 1.807) is 12.1 Å². The minimum atomic E-state index is -0.363. The third kappa shape index (κ3) is 2.50. The molecule has 1 aromatic rings. The van der Waals surface area contributed by atoms with Gasteiger partial charge in [0.1, 0.15) is 0 Å². The number of carbonyl (C=O) groups is 2. The van der Waals surface area contributed by atoms with Crippen LogP contribution in [0.15, 0.2) is 28.8 Å². The van der Waals surface area contributed by atoms with Crippen LogP contribution in [0.1, 0.15) is 35.2 Å². The van der Waals surface area contributed by atoms with Crippen molar-refractivity contribution in [3.63, 3.8) is 0 Å². The van der Waals surface area contributed by atoms with Crippen molar-refractivity contribution in [3.8, 4) is 0 Å². The highest BCUT2D eigenvalue weighted by Gasteiger charge is 2.27. The van der Waals surface area contributed by atoms with E-state index < -0.39 is 0 Å². The fourth-order valence-corrected chi connectivity index (χ4v) is 2.53. The average Bonchev–Trinajstić information content (AvgIpc) is 2.32. The first-order valence-electron chi connectivity index (χ1n) is 5.73. The van der Waals surface area contributed by atoms with E-state index in [-0.39, 0.29) is 17.1 Å². The summed E-state index contributed by atoms with van der Waals surface area (Å²) in [4.78, 5) is 24.2. The van der Waals surface area contributed by atoms with Crippen LogP contribution < -0.4 is 0 Å². The molecule has 1 aliphatic rings. The van der Waals surface area contributed by atoms with Gasteiger partial charge in [-0.1, -0.05) is 34.8 Å². The van der Waals surface area contributed by atoms with Crippen LogP contribution in [0.3, 0.4) is 0 Å². The summed E-state index contributed by atoms with van der Waals surface area (Å²) in [7, 11) is 0. The molecular weight excluding hydrogens is 271 g/mol. The summed E-state index contributed by atoms with van der Waals surface area (Å²) in [5.74, 6) is -0.549. The van der Waals surface area contributed by atoms with Crippen LogP contribution in [0.25, 0.3) is 0 Å². The van der Waals surface area contributed by atoms with Crippen molar-refractivity contribution >= 4 is 34.8 Å². The lowest BCUT2D eigenvalue weighted by Gasteiger charge is -2.14. The highest BCUT2D eigenvalue weighted by atomic mass is 35.5. The molecule has 0 radical (unpaired) electrons. The molecule has 0 unspecified atom stereocenters. The largest absolute Gasteiger partial charge is 0.294 e. The number of aryl methyl sites for hydroxylation is 1. The van der Waals surface area contributed by atoms with Crippen molar-refractivity contribution in [3.05, 3.63) is 45.0 Å². The molecule has 0 saturated carbocycles. The molecule has 0 aromatic heterocycles. The first-order valence-corrected chi connectivity index (χ1v) is 6.49. The van der Waals surface area contributed by atoms with Crippen LogP contribution in [0.2, 0.25) is 5.02 Å². The number of carbonyl (C=O) groups excluding carboxylic acids is 2. The van der Waals surface area contributed by atoms with Gasteiger partial charge < -0.3 is 0 Å². The second-order valence-electron chi connectivity index (χ2n) is 4.37. The highest BCUT2D eigenvalue weighted by molar-refractivity contribution is 6.42. The average molecular weight is 283 g/mol. The molecule has 0 bridgehead atoms. The number of halogens is 2. The van der Waals surface area contributed by atoms with Crippen molar-refractivity contribution in [1.29, 1.82) is 0 Å². The zero-order chi connectivity index (χ0) is 13.3. The number of benzene rings is 1. The van der Waals surface area contributed by atoms with E-state index in [1.165, 1.54) is 0 Å². The van der Waals surface area contributed by atoms with Gasteiger partial charge in [-0.15, -0.1) is 0 Å². The number of Topliss-reactive ketones (excluding diaryl/α,β-unsaturated/α-hetero) is 2. The van der Waals surface area contributed by atoms with Crippen molar-refractivity contribution in [2.24, 2.45) is 0 Å². The maximum Gasteiger partial charge on any atom is 0.199 e. The van der Waals surface area contributed by atoms with E-state index in [2.05, 4.69) is 0 Å². The maximum atomic E-state index is 12.3. The van der Waals surface area contributed by atoms with Gasteiger partial charge in [-0.3, -0.25) is 9.59 Å². The van der Waals surface area contributed by atoms with Gasteiger partial charge in [0.2, 0.25) is 0 Å². The predicted molar refractivity (Wildman–Crippen MR) is 72.3 cm³/mol. The molecule has 4 heteroatoms. The van der Waals surface area contributed by atoms with E-state index in [0.717, 1.165) is 5.56 Å². The molecule has 2 rings (SSSR count). The summed E-state index contributed by atoms with van der Waals surface area (Å²) in [6.07, 6.45) is 1.66. The summed E-state index contributed by atoms with van der Waals surface area (Å²) >= 11 is 12.0. The Morgan fingerprint density at radius 1 is 1.22 bits per heavy atom. The molecule has 0 fully saturated rings. The quantitative estimate of drug-likeness (QED) is 0.605. The summed E-state index contributed by atoms with van der Waals surface area (Å²) in [6.45, 7) is 1.87. The highest BCUT2D eigenvalue weighted by Crippen LogP contribution is 2.29. The third-order valence-corrected chi connectivity index (χ3v) is 3.65. The van der Waals surface area contributed by atoms with Gasteiger partial charge in [0.05, 0.1) is 10.6 Å². The molecule has 0 aliphatic heterocycles. The second kappa shape index (κ2) is 5.25. The topological polar surface area (TPSA) is 34.1 Å². The monoisotopic (exact) mass is 282 g/mol. The number of hydrogen-bond donors (Lipinski definition) is 0. The van der Waals surface area contributed by atoms with Crippen LogP contribution in [0.5, 0.6) is 0 Å². The zero-order valence-electron chi connectivity index (χ0n) is 9.93. The summed E-state index contributed by atoms with van der Waals surface area (Å²) in [6, 6.07) is 5.16. The molecule has 0 atom stereocenters. The fourth-order valence-electron chi connectivity index (χ4n) is 2.00. The minimum Gasteiger partial charge on any atom is -0.294 e. The number of ketones is 2. The van der Waals surface area contributed by atoms with Crippen LogP contribution in [0.4, 0.5) is 0 Å². The van der Waals surface area contributed by atoms with Gasteiger partial charge >= 0.3 is 0 Å². The molecular formula is C14H12Cl2O2. The summed E-state index contributed by atoms with van der Waals surface area (Å²) in [5, 5.41) is 0.703. The first-order chi connectivity index (χ1) is 8.50. The summed E-state index contributed by atoms with van der Waals surface area (Å²) in [5.41, 5.74) is 1.37. The van der Waals surface area contributed by atoms with Gasteiger partial charge in [0.25, 0.3) is 0 Å². The molecule has 94 valence electrons. The fraction of sp³-hybridized carbons (Fsp3) is 0.286. The lowest BCUT2D eigenvalue weighted by molar-refractivity contribution is -0.115. The Hall–Kier alpha value is -1.12. The van der Waals surface area contributed by atoms with Crippen molar-refractivity contribution in [1.82, 2.24) is 0 Å². The number of rotatable bonds is 2. The lowest BCUT2D eigenvalue weighted by atomic mass is 9.91. The molecule has 0 N–H and O–H groups in total. The van der Waals surface area contributed by atoms with Gasteiger partial charge in [-0.25, -0.2) is 0 Å². The Bertz CT molecular complexity index is 559. The van der Waals surface area contributed by atoms with Crippen molar-refractivity contribution in [2.75, 3.05) is 0 Å². The van der Waals surface area contributed by atoms with E-state index in [4.69, 9.17) is 23.2 Å². The van der Waals surface area contributed by atoms with E-state index in [0.29, 0.717) is 34.9 Å². The van der Waals surface area contributed by atoms with Gasteiger partial charge in [0.15, 0.2) is 11.6 Å². The molecule has 0 amide bonds. The standard InChI is InChI=1S/C14H12Cl2O2/c1-8-5-6-10(15)9(7-8)14(18)13-11(16)3-2-4-12(13)17/h5-7H,2-4H2,1H3. The number of hydrogen-bond acceptors (Lipinski definition) is 2. The Labute approximate surface area is 116 Å². The third-order valence-electron chi connectivity index (χ3n) is 2.94. The Morgan fingerprint density at radius 3 is 2.61 bits per heavy atom. The SMILES string of the molecule is Cc1ccc(Cl)c(C(=O)C2=C(Cl)CCCC2=O)c1.